The molecular weight excluding hydrogens is 174 g/mol. The summed E-state index contributed by atoms with van der Waals surface area (Å²) in [5.41, 5.74) is 0. The molecule has 1 rings (SSSR count). The summed E-state index contributed by atoms with van der Waals surface area (Å²) in [6.45, 7) is 1.11. The summed E-state index contributed by atoms with van der Waals surface area (Å²) in [5, 5.41) is 8.52. The average Bonchev–Trinajstić information content (AvgIpc) is 2.18. The predicted molar refractivity (Wildman–Crippen MR) is 47.8 cm³/mol. The number of hydrogen-bond donors (Lipinski definition) is 1. The first-order valence-electron chi connectivity index (χ1n) is 5.08. The lowest BCUT2D eigenvalue weighted by atomic mass is 9.78. The van der Waals surface area contributed by atoms with Gasteiger partial charge in [0.05, 0.1) is 0 Å². The Labute approximate surface area is 78.1 Å². The summed E-state index contributed by atoms with van der Waals surface area (Å²) >= 11 is 0. The molecule has 0 spiro atoms. The molecule has 1 nitrogen and oxygen atoms in total. The molecule has 78 valence electrons. The number of halogens is 2. The summed E-state index contributed by atoms with van der Waals surface area (Å²) in [4.78, 5) is 0. The van der Waals surface area contributed by atoms with Gasteiger partial charge < -0.3 is 5.11 Å². The van der Waals surface area contributed by atoms with Gasteiger partial charge in [-0.25, -0.2) is 8.78 Å². The van der Waals surface area contributed by atoms with Gasteiger partial charge in [0.2, 0.25) is 0 Å². The minimum absolute atomic E-state index is 0.575. The van der Waals surface area contributed by atoms with Gasteiger partial charge in [-0.3, -0.25) is 0 Å². The lowest BCUT2D eigenvalue weighted by Gasteiger charge is -2.32. The van der Waals surface area contributed by atoms with Crippen LogP contribution < -0.4 is 0 Å². The molecule has 0 aromatic rings. The highest BCUT2D eigenvalue weighted by atomic mass is 19.3. The van der Waals surface area contributed by atoms with Gasteiger partial charge in [0.15, 0.2) is 0 Å². The maximum atomic E-state index is 13.0. The van der Waals surface area contributed by atoms with Crippen LogP contribution in [-0.4, -0.2) is 17.6 Å². The van der Waals surface area contributed by atoms with Crippen LogP contribution in [0, 0.1) is 11.8 Å². The second-order valence-corrected chi connectivity index (χ2v) is 4.05. The molecule has 0 unspecified atom stereocenters. The highest BCUT2D eigenvalue weighted by Gasteiger charge is 2.40. The second-order valence-electron chi connectivity index (χ2n) is 4.05. The molecule has 1 fully saturated rings. The van der Waals surface area contributed by atoms with Crippen molar-refractivity contribution in [2.45, 2.75) is 45.0 Å². The van der Waals surface area contributed by atoms with E-state index in [2.05, 4.69) is 6.92 Å². The monoisotopic (exact) mass is 192 g/mol. The third-order valence-corrected chi connectivity index (χ3v) is 3.23. The molecule has 13 heavy (non-hydrogen) atoms. The Morgan fingerprint density at radius 2 is 1.77 bits per heavy atom. The van der Waals surface area contributed by atoms with E-state index in [1.807, 2.05) is 0 Å². The van der Waals surface area contributed by atoms with Gasteiger partial charge in [-0.15, -0.1) is 0 Å². The Morgan fingerprint density at radius 1 is 1.23 bits per heavy atom. The van der Waals surface area contributed by atoms with Crippen molar-refractivity contribution in [1.29, 1.82) is 0 Å². The average molecular weight is 192 g/mol. The lowest BCUT2D eigenvalue weighted by molar-refractivity contribution is -0.110. The zero-order valence-corrected chi connectivity index (χ0v) is 8.10. The van der Waals surface area contributed by atoms with Crippen LogP contribution in [0.25, 0.3) is 0 Å². The molecule has 0 atom stereocenters. The smallest absolute Gasteiger partial charge is 0.273 e. The van der Waals surface area contributed by atoms with E-state index in [0.29, 0.717) is 18.8 Å². The Balaban J connectivity index is 2.40. The molecule has 0 saturated heterocycles. The van der Waals surface area contributed by atoms with Crippen molar-refractivity contribution in [3.05, 3.63) is 0 Å². The molecule has 0 aromatic carbocycles. The molecule has 1 aliphatic carbocycles. The molecule has 0 amide bonds. The van der Waals surface area contributed by atoms with Crippen LogP contribution in [0.4, 0.5) is 8.78 Å². The van der Waals surface area contributed by atoms with Crippen molar-refractivity contribution in [3.8, 4) is 0 Å². The topological polar surface area (TPSA) is 20.2 Å². The zero-order chi connectivity index (χ0) is 9.90. The van der Waals surface area contributed by atoms with E-state index >= 15 is 0 Å². The minimum Gasteiger partial charge on any atom is -0.390 e. The van der Waals surface area contributed by atoms with Gasteiger partial charge in [0.25, 0.3) is 5.92 Å². The molecular formula is C10H18F2O. The molecule has 0 aliphatic heterocycles. The van der Waals surface area contributed by atoms with Gasteiger partial charge in [-0.05, 0) is 31.6 Å². The van der Waals surface area contributed by atoms with Crippen LogP contribution in [0.3, 0.4) is 0 Å². The maximum Gasteiger partial charge on any atom is 0.273 e. The van der Waals surface area contributed by atoms with Gasteiger partial charge in [-0.2, -0.15) is 0 Å². The van der Waals surface area contributed by atoms with E-state index in [1.54, 1.807) is 0 Å². The molecule has 0 aromatic heterocycles. The Bertz CT molecular complexity index is 151. The third kappa shape index (κ3) is 2.63. The normalized spacial score (nSPS) is 30.5. The second kappa shape index (κ2) is 4.36. The van der Waals surface area contributed by atoms with Crippen molar-refractivity contribution in [3.63, 3.8) is 0 Å². The van der Waals surface area contributed by atoms with Crippen LogP contribution in [0.2, 0.25) is 0 Å². The first-order valence-corrected chi connectivity index (χ1v) is 5.08. The maximum absolute atomic E-state index is 13.0. The molecule has 1 aliphatic rings. The Hall–Kier alpha value is -0.180. The first kappa shape index (κ1) is 10.9. The highest BCUT2D eigenvalue weighted by Crippen LogP contribution is 2.39. The molecule has 0 bridgehead atoms. The summed E-state index contributed by atoms with van der Waals surface area (Å²) < 4.78 is 26.0. The van der Waals surface area contributed by atoms with Gasteiger partial charge >= 0.3 is 0 Å². The van der Waals surface area contributed by atoms with Crippen molar-refractivity contribution < 1.29 is 13.9 Å². The van der Waals surface area contributed by atoms with Crippen LogP contribution in [0.1, 0.15) is 39.0 Å². The van der Waals surface area contributed by atoms with Crippen LogP contribution >= 0.6 is 0 Å². The number of aliphatic hydroxyl groups is 1. The highest BCUT2D eigenvalue weighted by molar-refractivity contribution is 4.81. The fourth-order valence-electron chi connectivity index (χ4n) is 2.12. The van der Waals surface area contributed by atoms with E-state index in [-0.39, 0.29) is 0 Å². The largest absolute Gasteiger partial charge is 0.390 e. The van der Waals surface area contributed by atoms with Crippen molar-refractivity contribution >= 4 is 0 Å². The van der Waals surface area contributed by atoms with Gasteiger partial charge in [-0.1, -0.05) is 13.3 Å². The van der Waals surface area contributed by atoms with E-state index < -0.39 is 18.4 Å². The fraction of sp³-hybridized carbons (Fsp3) is 1.00. The minimum atomic E-state index is -2.85. The van der Waals surface area contributed by atoms with Crippen LogP contribution in [0.5, 0.6) is 0 Å². The van der Waals surface area contributed by atoms with Crippen LogP contribution in [0.15, 0.2) is 0 Å². The standard InChI is InChI=1S/C10H18F2O/c1-2-8-3-5-9(6-4-8)10(11,12)7-13/h8-9,13H,2-7H2,1H3. The number of alkyl halides is 2. The van der Waals surface area contributed by atoms with Crippen molar-refractivity contribution in [2.75, 3.05) is 6.61 Å². The third-order valence-electron chi connectivity index (χ3n) is 3.23. The predicted octanol–water partition coefficient (Wildman–Crippen LogP) is 2.83. The molecule has 3 heteroatoms. The molecule has 1 N–H and O–H groups in total. The number of rotatable bonds is 3. The Morgan fingerprint density at radius 3 is 2.15 bits per heavy atom. The SMILES string of the molecule is CCC1CCC(C(F)(F)CO)CC1. The first-order chi connectivity index (χ1) is 6.10. The van der Waals surface area contributed by atoms with E-state index in [1.165, 1.54) is 0 Å². The quantitative estimate of drug-likeness (QED) is 0.729. The summed E-state index contributed by atoms with van der Waals surface area (Å²) in [5.74, 6) is -2.80. The molecule has 0 radical (unpaired) electrons. The summed E-state index contributed by atoms with van der Waals surface area (Å²) in [7, 11) is 0. The van der Waals surface area contributed by atoms with Crippen molar-refractivity contribution in [1.82, 2.24) is 0 Å². The van der Waals surface area contributed by atoms with Gasteiger partial charge in [0, 0.05) is 5.92 Å². The number of aliphatic hydroxyl groups excluding tert-OH is 1. The summed E-state index contributed by atoms with van der Waals surface area (Å²) in [6.07, 6.45) is 4.04. The fourth-order valence-corrected chi connectivity index (χ4v) is 2.12. The van der Waals surface area contributed by atoms with E-state index in [0.717, 1.165) is 19.3 Å². The zero-order valence-electron chi connectivity index (χ0n) is 8.10. The summed E-state index contributed by atoms with van der Waals surface area (Å²) in [6, 6.07) is 0. The van der Waals surface area contributed by atoms with Crippen molar-refractivity contribution in [2.24, 2.45) is 11.8 Å². The van der Waals surface area contributed by atoms with Crippen LogP contribution in [-0.2, 0) is 0 Å². The lowest BCUT2D eigenvalue weighted by Crippen LogP contribution is -2.35. The van der Waals surface area contributed by atoms with E-state index in [9.17, 15) is 8.78 Å². The molecule has 0 heterocycles. The van der Waals surface area contributed by atoms with Gasteiger partial charge in [0.1, 0.15) is 6.61 Å². The van der Waals surface area contributed by atoms with E-state index in [4.69, 9.17) is 5.11 Å². The molecule has 1 saturated carbocycles. The number of hydrogen-bond acceptors (Lipinski definition) is 1. The Kier molecular flexibility index (Phi) is 3.65.